The summed E-state index contributed by atoms with van der Waals surface area (Å²) in [6, 6.07) is 18.3. The van der Waals surface area contributed by atoms with Gasteiger partial charge in [0.25, 0.3) is 5.91 Å². The molecular weight excluding hydrogens is 341 g/mol. The number of anilines is 1. The van der Waals surface area contributed by atoms with E-state index in [1.807, 2.05) is 47.4 Å². The molecule has 2 aromatic carbocycles. The SMILES string of the molecule is N#C/C(=C\C=C\c1ccccc1)C(=O)N1CCN(c2ccccc2F)CC1. The highest BCUT2D eigenvalue weighted by molar-refractivity contribution is 5.97. The molecule has 5 heteroatoms. The molecule has 136 valence electrons. The van der Waals surface area contributed by atoms with Crippen LogP contribution >= 0.6 is 0 Å². The lowest BCUT2D eigenvalue weighted by molar-refractivity contribution is -0.127. The number of piperazine rings is 1. The first-order valence-electron chi connectivity index (χ1n) is 8.81. The fourth-order valence-corrected chi connectivity index (χ4v) is 3.00. The van der Waals surface area contributed by atoms with Gasteiger partial charge in [-0.05, 0) is 23.8 Å². The largest absolute Gasteiger partial charge is 0.366 e. The van der Waals surface area contributed by atoms with Gasteiger partial charge in [-0.25, -0.2) is 4.39 Å². The quantitative estimate of drug-likeness (QED) is 0.475. The molecule has 0 saturated carbocycles. The molecule has 0 aromatic heterocycles. The molecule has 1 heterocycles. The molecule has 0 radical (unpaired) electrons. The summed E-state index contributed by atoms with van der Waals surface area (Å²) in [7, 11) is 0. The molecule has 0 unspecified atom stereocenters. The highest BCUT2D eigenvalue weighted by atomic mass is 19.1. The van der Waals surface area contributed by atoms with Gasteiger partial charge in [-0.3, -0.25) is 4.79 Å². The van der Waals surface area contributed by atoms with Crippen LogP contribution in [0.1, 0.15) is 5.56 Å². The molecule has 0 N–H and O–H groups in total. The maximum Gasteiger partial charge on any atom is 0.264 e. The number of carbonyl (C=O) groups excluding carboxylic acids is 1. The summed E-state index contributed by atoms with van der Waals surface area (Å²) < 4.78 is 13.9. The van der Waals surface area contributed by atoms with Gasteiger partial charge in [0.2, 0.25) is 0 Å². The highest BCUT2D eigenvalue weighted by Gasteiger charge is 2.24. The molecule has 2 aromatic rings. The van der Waals surface area contributed by atoms with Gasteiger partial charge in [0.05, 0.1) is 5.69 Å². The van der Waals surface area contributed by atoms with Crippen LogP contribution in [0.5, 0.6) is 0 Å². The molecular formula is C22H20FN3O. The average Bonchev–Trinajstić information content (AvgIpc) is 2.72. The summed E-state index contributed by atoms with van der Waals surface area (Å²) in [6.07, 6.45) is 5.10. The van der Waals surface area contributed by atoms with Crippen molar-refractivity contribution in [1.29, 1.82) is 5.26 Å². The Hall–Kier alpha value is -3.39. The van der Waals surface area contributed by atoms with Crippen LogP contribution in [0.3, 0.4) is 0 Å². The normalized spacial score (nSPS) is 15.0. The van der Waals surface area contributed by atoms with Crippen molar-refractivity contribution in [2.75, 3.05) is 31.1 Å². The van der Waals surface area contributed by atoms with E-state index in [1.54, 1.807) is 35.3 Å². The lowest BCUT2D eigenvalue weighted by Gasteiger charge is -2.36. The second-order valence-electron chi connectivity index (χ2n) is 6.19. The third-order valence-electron chi connectivity index (χ3n) is 4.46. The van der Waals surface area contributed by atoms with E-state index in [0.29, 0.717) is 31.9 Å². The third kappa shape index (κ3) is 4.62. The standard InChI is InChI=1S/C22H20FN3O/c23-20-11-4-5-12-21(20)25-13-15-26(16-14-25)22(27)19(17-24)10-6-9-18-7-2-1-3-8-18/h1-12H,13-16H2/b9-6+,19-10+. The number of halogens is 1. The number of para-hydroxylation sites is 1. The predicted octanol–water partition coefficient (Wildman–Crippen LogP) is 3.64. The van der Waals surface area contributed by atoms with Crippen molar-refractivity contribution in [3.05, 3.63) is 83.7 Å². The summed E-state index contributed by atoms with van der Waals surface area (Å²) in [4.78, 5) is 16.2. The van der Waals surface area contributed by atoms with Gasteiger partial charge in [0, 0.05) is 26.2 Å². The number of hydrogen-bond acceptors (Lipinski definition) is 3. The van der Waals surface area contributed by atoms with Crippen LogP contribution in [0.2, 0.25) is 0 Å². The van der Waals surface area contributed by atoms with E-state index in [9.17, 15) is 14.4 Å². The van der Waals surface area contributed by atoms with Gasteiger partial charge in [-0.1, -0.05) is 54.6 Å². The minimum absolute atomic E-state index is 0.0986. The van der Waals surface area contributed by atoms with Crippen molar-refractivity contribution < 1.29 is 9.18 Å². The molecule has 1 fully saturated rings. The van der Waals surface area contributed by atoms with E-state index in [0.717, 1.165) is 5.56 Å². The van der Waals surface area contributed by atoms with E-state index >= 15 is 0 Å². The number of carbonyl (C=O) groups is 1. The fraction of sp³-hybridized carbons (Fsp3) is 0.182. The van der Waals surface area contributed by atoms with Crippen LogP contribution in [0.15, 0.2) is 72.3 Å². The number of rotatable bonds is 4. The Bertz CT molecular complexity index is 891. The van der Waals surface area contributed by atoms with Gasteiger partial charge >= 0.3 is 0 Å². The number of hydrogen-bond donors (Lipinski definition) is 0. The fourth-order valence-electron chi connectivity index (χ4n) is 3.00. The molecule has 1 amide bonds. The second kappa shape index (κ2) is 8.81. The summed E-state index contributed by atoms with van der Waals surface area (Å²) in [5.41, 5.74) is 1.64. The van der Waals surface area contributed by atoms with Crippen molar-refractivity contribution in [3.8, 4) is 6.07 Å². The topological polar surface area (TPSA) is 47.3 Å². The Morgan fingerprint density at radius 3 is 2.33 bits per heavy atom. The zero-order chi connectivity index (χ0) is 19.1. The van der Waals surface area contributed by atoms with E-state index in [-0.39, 0.29) is 17.3 Å². The average molecular weight is 361 g/mol. The van der Waals surface area contributed by atoms with Crippen molar-refractivity contribution in [1.82, 2.24) is 4.90 Å². The number of amides is 1. The smallest absolute Gasteiger partial charge is 0.264 e. The van der Waals surface area contributed by atoms with Crippen molar-refractivity contribution in [3.63, 3.8) is 0 Å². The maximum absolute atomic E-state index is 13.9. The molecule has 0 aliphatic carbocycles. The van der Waals surface area contributed by atoms with Crippen LogP contribution in [-0.2, 0) is 4.79 Å². The molecule has 0 spiro atoms. The van der Waals surface area contributed by atoms with Gasteiger partial charge in [0.1, 0.15) is 17.5 Å². The Morgan fingerprint density at radius 2 is 1.67 bits per heavy atom. The molecule has 1 saturated heterocycles. The summed E-state index contributed by atoms with van der Waals surface area (Å²) in [6.45, 7) is 1.97. The van der Waals surface area contributed by atoms with E-state index < -0.39 is 0 Å². The minimum atomic E-state index is -0.289. The van der Waals surface area contributed by atoms with Gasteiger partial charge in [0.15, 0.2) is 0 Å². The van der Waals surface area contributed by atoms with Gasteiger partial charge in [-0.2, -0.15) is 5.26 Å². The molecule has 0 bridgehead atoms. The van der Waals surface area contributed by atoms with E-state index in [1.165, 1.54) is 6.07 Å². The van der Waals surface area contributed by atoms with Crippen molar-refractivity contribution >= 4 is 17.7 Å². The van der Waals surface area contributed by atoms with E-state index in [4.69, 9.17) is 0 Å². The number of nitriles is 1. The van der Waals surface area contributed by atoms with Crippen LogP contribution in [0.25, 0.3) is 6.08 Å². The molecule has 0 atom stereocenters. The monoisotopic (exact) mass is 361 g/mol. The number of benzene rings is 2. The summed E-state index contributed by atoms with van der Waals surface area (Å²) in [5.74, 6) is -0.552. The summed E-state index contributed by atoms with van der Waals surface area (Å²) in [5, 5.41) is 9.33. The van der Waals surface area contributed by atoms with Crippen LogP contribution in [0, 0.1) is 17.1 Å². The molecule has 3 rings (SSSR count). The Labute approximate surface area is 158 Å². The van der Waals surface area contributed by atoms with Crippen molar-refractivity contribution in [2.24, 2.45) is 0 Å². The lowest BCUT2D eigenvalue weighted by atomic mass is 10.1. The minimum Gasteiger partial charge on any atom is -0.366 e. The Balaban J connectivity index is 1.62. The van der Waals surface area contributed by atoms with Gasteiger partial charge in [-0.15, -0.1) is 0 Å². The third-order valence-corrected chi connectivity index (χ3v) is 4.46. The first-order valence-corrected chi connectivity index (χ1v) is 8.81. The van der Waals surface area contributed by atoms with Crippen LogP contribution < -0.4 is 4.90 Å². The first-order chi connectivity index (χ1) is 13.2. The van der Waals surface area contributed by atoms with E-state index in [2.05, 4.69) is 0 Å². The van der Waals surface area contributed by atoms with Gasteiger partial charge < -0.3 is 9.80 Å². The second-order valence-corrected chi connectivity index (χ2v) is 6.19. The first kappa shape index (κ1) is 18.4. The number of allylic oxidation sites excluding steroid dienone is 2. The lowest BCUT2D eigenvalue weighted by Crippen LogP contribution is -2.49. The molecule has 1 aliphatic rings. The maximum atomic E-state index is 13.9. The molecule has 4 nitrogen and oxygen atoms in total. The van der Waals surface area contributed by atoms with Crippen LogP contribution in [0.4, 0.5) is 10.1 Å². The summed E-state index contributed by atoms with van der Waals surface area (Å²) >= 11 is 0. The van der Waals surface area contributed by atoms with Crippen LogP contribution in [-0.4, -0.2) is 37.0 Å². The Morgan fingerprint density at radius 1 is 1.00 bits per heavy atom. The predicted molar refractivity (Wildman–Crippen MR) is 104 cm³/mol. The molecule has 27 heavy (non-hydrogen) atoms. The molecule has 1 aliphatic heterocycles. The zero-order valence-electron chi connectivity index (χ0n) is 14.9. The van der Waals surface area contributed by atoms with Crippen molar-refractivity contribution in [2.45, 2.75) is 0 Å². The highest BCUT2D eigenvalue weighted by Crippen LogP contribution is 2.20. The number of nitrogens with zero attached hydrogens (tertiary/aromatic N) is 3. The Kier molecular flexibility index (Phi) is 6.01. The zero-order valence-corrected chi connectivity index (χ0v) is 14.9.